The molecule has 1 N–H and O–H groups in total. The molecule has 0 aliphatic carbocycles. The number of hydrogen-bond donors (Lipinski definition) is 1. The van der Waals surface area contributed by atoms with Crippen molar-refractivity contribution >= 4 is 17.5 Å². The van der Waals surface area contributed by atoms with Crippen LogP contribution in [-0.4, -0.2) is 13.0 Å². The van der Waals surface area contributed by atoms with Gasteiger partial charge in [-0.25, -0.2) is 0 Å². The number of benzene rings is 1. The van der Waals surface area contributed by atoms with Gasteiger partial charge in [-0.05, 0) is 12.1 Å². The van der Waals surface area contributed by atoms with Gasteiger partial charge >= 0.3 is 6.18 Å². The van der Waals surface area contributed by atoms with Crippen molar-refractivity contribution in [2.45, 2.75) is 26.4 Å². The summed E-state index contributed by atoms with van der Waals surface area (Å²) in [7, 11) is 1.24. The molecule has 0 bridgehead atoms. The number of halogens is 4. The minimum Gasteiger partial charge on any atom is -0.355 e. The van der Waals surface area contributed by atoms with Crippen molar-refractivity contribution in [3.8, 4) is 0 Å². The fraction of sp³-hybridized carbons (Fsp3) is 0.417. The lowest BCUT2D eigenvalue weighted by atomic mass is 10.1. The average Bonchev–Trinajstić information content (AvgIpc) is 2.27. The summed E-state index contributed by atoms with van der Waals surface area (Å²) >= 11 is 5.55. The number of carbonyl (C=O) groups is 1. The highest BCUT2D eigenvalue weighted by Crippen LogP contribution is 2.34. The van der Waals surface area contributed by atoms with E-state index in [2.05, 4.69) is 19.2 Å². The van der Waals surface area contributed by atoms with E-state index in [0.717, 1.165) is 12.1 Å². The van der Waals surface area contributed by atoms with Crippen LogP contribution in [-0.2, 0) is 6.18 Å². The van der Waals surface area contributed by atoms with Crippen molar-refractivity contribution in [3.05, 3.63) is 34.3 Å². The number of carbonyl (C=O) groups excluding carboxylic acids is 1. The topological polar surface area (TPSA) is 29.1 Å². The molecular formula is C12H15ClF3NO. The molecule has 0 fully saturated rings. The first-order valence-corrected chi connectivity index (χ1v) is 5.75. The quantitative estimate of drug-likeness (QED) is 0.824. The van der Waals surface area contributed by atoms with E-state index >= 15 is 0 Å². The molecule has 0 atom stereocenters. The van der Waals surface area contributed by atoms with Crippen molar-refractivity contribution in [2.24, 2.45) is 0 Å². The summed E-state index contributed by atoms with van der Waals surface area (Å²) < 4.78 is 37.5. The van der Waals surface area contributed by atoms with Crippen LogP contribution in [0.25, 0.3) is 0 Å². The first kappa shape index (κ1) is 16.8. The van der Waals surface area contributed by atoms with Crippen LogP contribution < -0.4 is 5.32 Å². The first-order chi connectivity index (χ1) is 8.29. The monoisotopic (exact) mass is 281 g/mol. The Morgan fingerprint density at radius 1 is 1.33 bits per heavy atom. The van der Waals surface area contributed by atoms with E-state index in [1.54, 1.807) is 0 Å². The zero-order valence-corrected chi connectivity index (χ0v) is 11.1. The summed E-state index contributed by atoms with van der Waals surface area (Å²) in [5.74, 6) is -0.854. The third-order valence-electron chi connectivity index (χ3n) is 1.77. The van der Waals surface area contributed by atoms with Crippen LogP contribution in [0.1, 0.15) is 36.2 Å². The van der Waals surface area contributed by atoms with Gasteiger partial charge in [0, 0.05) is 7.05 Å². The molecule has 0 aliphatic heterocycles. The zero-order valence-electron chi connectivity index (χ0n) is 10.4. The van der Waals surface area contributed by atoms with Crippen LogP contribution >= 0.6 is 11.6 Å². The molecule has 1 aromatic carbocycles. The van der Waals surface area contributed by atoms with Crippen molar-refractivity contribution in [1.82, 2.24) is 5.32 Å². The van der Waals surface area contributed by atoms with Crippen molar-refractivity contribution < 1.29 is 18.0 Å². The molecular weight excluding hydrogens is 267 g/mol. The summed E-state index contributed by atoms with van der Waals surface area (Å²) in [6.45, 7) is 4.25. The molecule has 1 rings (SSSR count). The van der Waals surface area contributed by atoms with Crippen LogP contribution in [0.3, 0.4) is 0 Å². The van der Waals surface area contributed by atoms with Gasteiger partial charge in [0.2, 0.25) is 0 Å². The van der Waals surface area contributed by atoms with E-state index < -0.39 is 23.2 Å². The largest absolute Gasteiger partial charge is 0.417 e. The lowest BCUT2D eigenvalue weighted by Crippen LogP contribution is -2.23. The predicted octanol–water partition coefficient (Wildman–Crippen LogP) is 4.13. The van der Waals surface area contributed by atoms with Crippen LogP contribution in [0.4, 0.5) is 13.2 Å². The normalized spacial score (nSPS) is 10.4. The van der Waals surface area contributed by atoms with Gasteiger partial charge in [0.1, 0.15) is 0 Å². The Bertz CT molecular complexity index is 405. The van der Waals surface area contributed by atoms with Crippen LogP contribution in [0, 0.1) is 0 Å². The van der Waals surface area contributed by atoms with Gasteiger partial charge in [-0.15, -0.1) is 0 Å². The fourth-order valence-corrected chi connectivity index (χ4v) is 1.38. The highest BCUT2D eigenvalue weighted by atomic mass is 35.5. The lowest BCUT2D eigenvalue weighted by molar-refractivity contribution is -0.137. The summed E-state index contributed by atoms with van der Waals surface area (Å²) in [6, 6.07) is 3.20. The summed E-state index contributed by atoms with van der Waals surface area (Å²) in [5.41, 5.74) is -1.58. The molecule has 18 heavy (non-hydrogen) atoms. The molecule has 102 valence electrons. The van der Waals surface area contributed by atoms with E-state index in [-0.39, 0.29) is 5.02 Å². The smallest absolute Gasteiger partial charge is 0.355 e. The van der Waals surface area contributed by atoms with Crippen molar-refractivity contribution in [1.29, 1.82) is 0 Å². The zero-order chi connectivity index (χ0) is 14.3. The minimum atomic E-state index is -4.59. The summed E-state index contributed by atoms with van der Waals surface area (Å²) in [5, 5.41) is 1.89. The maximum atomic E-state index is 12.5. The number of hydrogen-bond acceptors (Lipinski definition) is 1. The van der Waals surface area contributed by atoms with Gasteiger partial charge in [0.25, 0.3) is 5.91 Å². The molecule has 6 heteroatoms. The molecule has 0 saturated heterocycles. The number of nitrogens with one attached hydrogen (secondary N) is 1. The van der Waals surface area contributed by atoms with Crippen molar-refractivity contribution in [2.75, 3.05) is 7.05 Å². The van der Waals surface area contributed by atoms with Gasteiger partial charge < -0.3 is 5.32 Å². The predicted molar refractivity (Wildman–Crippen MR) is 65.8 cm³/mol. The Labute approximate surface area is 109 Å². The second-order valence-electron chi connectivity index (χ2n) is 3.45. The molecule has 1 aromatic rings. The lowest BCUT2D eigenvalue weighted by Gasteiger charge is -2.12. The molecule has 0 unspecified atom stereocenters. The highest BCUT2D eigenvalue weighted by Gasteiger charge is 2.35. The third kappa shape index (κ3) is 4.56. The van der Waals surface area contributed by atoms with Gasteiger partial charge in [-0.1, -0.05) is 37.9 Å². The van der Waals surface area contributed by atoms with Gasteiger partial charge in [-0.2, -0.15) is 13.2 Å². The minimum absolute atomic E-state index is 0.218. The van der Waals surface area contributed by atoms with E-state index in [4.69, 9.17) is 11.6 Å². The standard InChI is InChI=1S/C9H7ClF3NO.C3H8/c1-14-8(15)7-5(9(11,12)13)3-2-4-6(7)10;1-3-2/h2-4H,1H3,(H,14,15);3H2,1-2H3. The van der Waals surface area contributed by atoms with Gasteiger partial charge in [0.05, 0.1) is 16.1 Å². The maximum Gasteiger partial charge on any atom is 0.417 e. The molecule has 0 radical (unpaired) electrons. The summed E-state index contributed by atoms with van der Waals surface area (Å²) in [4.78, 5) is 11.2. The number of amides is 1. The first-order valence-electron chi connectivity index (χ1n) is 5.37. The molecule has 0 aromatic heterocycles. The second kappa shape index (κ2) is 7.26. The van der Waals surface area contributed by atoms with E-state index in [1.165, 1.54) is 19.5 Å². The molecule has 0 heterocycles. The average molecular weight is 282 g/mol. The molecule has 0 saturated carbocycles. The van der Waals surface area contributed by atoms with Crippen LogP contribution in [0.2, 0.25) is 5.02 Å². The Morgan fingerprint density at radius 3 is 2.22 bits per heavy atom. The van der Waals surface area contributed by atoms with Crippen LogP contribution in [0.5, 0.6) is 0 Å². The van der Waals surface area contributed by atoms with E-state index in [9.17, 15) is 18.0 Å². The molecule has 2 nitrogen and oxygen atoms in total. The number of rotatable bonds is 1. The molecule has 0 spiro atoms. The van der Waals surface area contributed by atoms with Crippen molar-refractivity contribution in [3.63, 3.8) is 0 Å². The summed E-state index contributed by atoms with van der Waals surface area (Å²) in [6.07, 6.45) is -3.34. The Balaban J connectivity index is 0.000000873. The van der Waals surface area contributed by atoms with Crippen LogP contribution in [0.15, 0.2) is 18.2 Å². The van der Waals surface area contributed by atoms with E-state index in [0.29, 0.717) is 0 Å². The Hall–Kier alpha value is -1.23. The maximum absolute atomic E-state index is 12.5. The Morgan fingerprint density at radius 2 is 1.83 bits per heavy atom. The fourth-order valence-electron chi connectivity index (χ4n) is 1.12. The van der Waals surface area contributed by atoms with Gasteiger partial charge in [0.15, 0.2) is 0 Å². The third-order valence-corrected chi connectivity index (χ3v) is 2.09. The molecule has 0 aliphatic rings. The van der Waals surface area contributed by atoms with Gasteiger partial charge in [-0.3, -0.25) is 4.79 Å². The van der Waals surface area contributed by atoms with E-state index in [1.807, 2.05) is 0 Å². The number of alkyl halides is 3. The Kier molecular flexibility index (Phi) is 6.76. The highest BCUT2D eigenvalue weighted by molar-refractivity contribution is 6.34. The SMILES string of the molecule is CCC.CNC(=O)c1c(Cl)cccc1C(F)(F)F. The molecule has 1 amide bonds. The second-order valence-corrected chi connectivity index (χ2v) is 3.85.